The molecule has 1 N–H and O–H groups in total. The molecule has 0 heterocycles. The minimum Gasteiger partial charge on any atom is -0.496 e. The molecule has 0 unspecified atom stereocenters. The van der Waals surface area contributed by atoms with Gasteiger partial charge in [-0.05, 0) is 52.0 Å². The maximum Gasteiger partial charge on any atom is 0.340 e. The normalized spacial score (nSPS) is 11.7. The number of benzene rings is 2. The number of rotatable bonds is 5. The summed E-state index contributed by atoms with van der Waals surface area (Å²) in [5.74, 6) is -0.155. The fourth-order valence-electron chi connectivity index (χ4n) is 2.34. The highest BCUT2D eigenvalue weighted by atomic mass is 32.2. The summed E-state index contributed by atoms with van der Waals surface area (Å²) in [5.41, 5.74) is 0.0519. The lowest BCUT2D eigenvalue weighted by atomic mass is 10.1. The first-order valence-electron chi connectivity index (χ1n) is 8.04. The van der Waals surface area contributed by atoms with E-state index in [0.29, 0.717) is 11.3 Å². The minimum absolute atomic E-state index is 0.0948. The van der Waals surface area contributed by atoms with Gasteiger partial charge in [0.05, 0.1) is 23.3 Å². The lowest BCUT2D eigenvalue weighted by Gasteiger charge is -2.22. The quantitative estimate of drug-likeness (QED) is 0.803. The van der Waals surface area contributed by atoms with Gasteiger partial charge in [0, 0.05) is 5.56 Å². The maximum atomic E-state index is 12.7. The SMILES string of the molecule is COc1ccc(C(=O)OC(C)(C)C)c(NS(=O)(=O)c2ccccc2)c1C. The highest BCUT2D eigenvalue weighted by molar-refractivity contribution is 7.92. The highest BCUT2D eigenvalue weighted by Gasteiger charge is 2.25. The van der Waals surface area contributed by atoms with Crippen LogP contribution >= 0.6 is 0 Å². The molecule has 0 aliphatic heterocycles. The summed E-state index contributed by atoms with van der Waals surface area (Å²) in [7, 11) is -2.40. The Bertz CT molecular complexity index is 900. The molecule has 0 atom stereocenters. The van der Waals surface area contributed by atoms with E-state index in [0.717, 1.165) is 0 Å². The van der Waals surface area contributed by atoms with E-state index in [-0.39, 0.29) is 16.1 Å². The van der Waals surface area contributed by atoms with Crippen molar-refractivity contribution in [2.45, 2.75) is 38.2 Å². The minimum atomic E-state index is -3.87. The monoisotopic (exact) mass is 377 g/mol. The van der Waals surface area contributed by atoms with Gasteiger partial charge in [0.2, 0.25) is 0 Å². The van der Waals surface area contributed by atoms with Gasteiger partial charge in [-0.1, -0.05) is 18.2 Å². The third-order valence-corrected chi connectivity index (χ3v) is 4.91. The van der Waals surface area contributed by atoms with Crippen molar-refractivity contribution in [1.82, 2.24) is 0 Å². The number of sulfonamides is 1. The van der Waals surface area contributed by atoms with E-state index in [1.54, 1.807) is 52.0 Å². The number of anilines is 1. The summed E-state index contributed by atoms with van der Waals surface area (Å²) >= 11 is 0. The number of nitrogens with one attached hydrogen (secondary N) is 1. The number of ether oxygens (including phenoxy) is 2. The van der Waals surface area contributed by atoms with E-state index in [2.05, 4.69) is 4.72 Å². The molecule has 7 heteroatoms. The van der Waals surface area contributed by atoms with Crippen molar-refractivity contribution in [1.29, 1.82) is 0 Å². The summed E-state index contributed by atoms with van der Waals surface area (Å²) in [4.78, 5) is 12.7. The highest BCUT2D eigenvalue weighted by Crippen LogP contribution is 2.32. The molecule has 26 heavy (non-hydrogen) atoms. The van der Waals surface area contributed by atoms with Crippen LogP contribution in [0.15, 0.2) is 47.4 Å². The molecule has 2 aromatic rings. The van der Waals surface area contributed by atoms with Gasteiger partial charge in [0.15, 0.2) is 0 Å². The van der Waals surface area contributed by atoms with E-state index in [9.17, 15) is 13.2 Å². The third kappa shape index (κ3) is 4.54. The van der Waals surface area contributed by atoms with Crippen molar-refractivity contribution >= 4 is 21.7 Å². The molecule has 0 aromatic heterocycles. The molecule has 0 aliphatic carbocycles. The van der Waals surface area contributed by atoms with Crippen LogP contribution in [0.4, 0.5) is 5.69 Å². The number of carbonyl (C=O) groups excluding carboxylic acids is 1. The summed E-state index contributed by atoms with van der Waals surface area (Å²) in [5, 5.41) is 0. The number of hydrogen-bond acceptors (Lipinski definition) is 5. The summed E-state index contributed by atoms with van der Waals surface area (Å²) < 4.78 is 38.6. The number of esters is 1. The molecule has 0 radical (unpaired) electrons. The van der Waals surface area contributed by atoms with Crippen LogP contribution in [0, 0.1) is 6.92 Å². The van der Waals surface area contributed by atoms with E-state index in [1.165, 1.54) is 25.3 Å². The fourth-order valence-corrected chi connectivity index (χ4v) is 3.51. The van der Waals surface area contributed by atoms with Crippen LogP contribution in [0.5, 0.6) is 5.75 Å². The molecule has 2 aromatic carbocycles. The smallest absolute Gasteiger partial charge is 0.340 e. The Labute approximate surface area is 154 Å². The Balaban J connectivity index is 2.53. The zero-order valence-electron chi connectivity index (χ0n) is 15.5. The fraction of sp³-hybridized carbons (Fsp3) is 0.316. The predicted molar refractivity (Wildman–Crippen MR) is 100 cm³/mol. The van der Waals surface area contributed by atoms with E-state index in [1.807, 2.05) is 0 Å². The Morgan fingerprint density at radius 3 is 2.19 bits per heavy atom. The van der Waals surface area contributed by atoms with Crippen LogP contribution in [0.25, 0.3) is 0 Å². The van der Waals surface area contributed by atoms with Crippen molar-refractivity contribution in [3.05, 3.63) is 53.6 Å². The average Bonchev–Trinajstić information content (AvgIpc) is 2.55. The van der Waals surface area contributed by atoms with Crippen molar-refractivity contribution in [3.8, 4) is 5.75 Å². The second kappa shape index (κ2) is 7.37. The van der Waals surface area contributed by atoms with Crippen LogP contribution in [-0.4, -0.2) is 27.1 Å². The topological polar surface area (TPSA) is 81.7 Å². The Kier molecular flexibility index (Phi) is 5.61. The van der Waals surface area contributed by atoms with Crippen molar-refractivity contribution < 1.29 is 22.7 Å². The molecule has 0 bridgehead atoms. The van der Waals surface area contributed by atoms with Gasteiger partial charge in [-0.3, -0.25) is 4.72 Å². The number of methoxy groups -OCH3 is 1. The number of hydrogen-bond donors (Lipinski definition) is 1. The first kappa shape index (κ1) is 19.8. The first-order chi connectivity index (χ1) is 12.0. The standard InChI is InChI=1S/C19H23NO5S/c1-13-16(24-5)12-11-15(18(21)25-19(2,3)4)17(13)20-26(22,23)14-9-7-6-8-10-14/h6-12,20H,1-5H3. The van der Waals surface area contributed by atoms with Crippen molar-refractivity contribution in [3.63, 3.8) is 0 Å². The average molecular weight is 377 g/mol. The molecule has 6 nitrogen and oxygen atoms in total. The van der Waals surface area contributed by atoms with Crippen LogP contribution in [0.3, 0.4) is 0 Å². The molecule has 0 saturated carbocycles. The molecule has 140 valence electrons. The molecule has 0 spiro atoms. The molecule has 0 amide bonds. The van der Waals surface area contributed by atoms with Crippen molar-refractivity contribution in [2.75, 3.05) is 11.8 Å². The summed E-state index contributed by atoms with van der Waals surface area (Å²) in [6.45, 7) is 6.91. The molecule has 2 rings (SSSR count). The zero-order chi connectivity index (χ0) is 19.5. The predicted octanol–water partition coefficient (Wildman–Crippen LogP) is 3.76. The molecule has 0 aliphatic rings. The molecule has 0 fully saturated rings. The van der Waals surface area contributed by atoms with Gasteiger partial charge >= 0.3 is 5.97 Å². The van der Waals surface area contributed by atoms with Gasteiger partial charge in [-0.15, -0.1) is 0 Å². The van der Waals surface area contributed by atoms with E-state index in [4.69, 9.17) is 9.47 Å². The first-order valence-corrected chi connectivity index (χ1v) is 9.52. The van der Waals surface area contributed by atoms with E-state index >= 15 is 0 Å². The van der Waals surface area contributed by atoms with Gasteiger partial charge < -0.3 is 9.47 Å². The van der Waals surface area contributed by atoms with Crippen LogP contribution in [-0.2, 0) is 14.8 Å². The lowest BCUT2D eigenvalue weighted by molar-refractivity contribution is 0.00707. The summed E-state index contributed by atoms with van der Waals surface area (Å²) in [6.07, 6.45) is 0. The Hall–Kier alpha value is -2.54. The van der Waals surface area contributed by atoms with Crippen molar-refractivity contribution in [2.24, 2.45) is 0 Å². The largest absolute Gasteiger partial charge is 0.496 e. The zero-order valence-corrected chi connectivity index (χ0v) is 16.3. The lowest BCUT2D eigenvalue weighted by Crippen LogP contribution is -2.25. The van der Waals surface area contributed by atoms with Crippen LogP contribution in [0.2, 0.25) is 0 Å². The van der Waals surface area contributed by atoms with Gasteiger partial charge in [0.25, 0.3) is 10.0 Å². The number of carbonyl (C=O) groups is 1. The second-order valence-electron chi connectivity index (χ2n) is 6.74. The Morgan fingerprint density at radius 1 is 1.04 bits per heavy atom. The van der Waals surface area contributed by atoms with Gasteiger partial charge in [-0.2, -0.15) is 0 Å². The summed E-state index contributed by atoms with van der Waals surface area (Å²) in [6, 6.07) is 11.0. The molecule has 0 saturated heterocycles. The molecular weight excluding hydrogens is 354 g/mol. The third-order valence-electron chi connectivity index (χ3n) is 3.54. The van der Waals surface area contributed by atoms with Gasteiger partial charge in [-0.25, -0.2) is 13.2 Å². The van der Waals surface area contributed by atoms with Crippen LogP contribution < -0.4 is 9.46 Å². The van der Waals surface area contributed by atoms with E-state index < -0.39 is 21.6 Å². The maximum absolute atomic E-state index is 12.7. The molecular formula is C19H23NO5S. The second-order valence-corrected chi connectivity index (χ2v) is 8.42. The Morgan fingerprint density at radius 2 is 1.65 bits per heavy atom. The van der Waals surface area contributed by atoms with Gasteiger partial charge in [0.1, 0.15) is 11.4 Å². The van der Waals surface area contributed by atoms with Crippen LogP contribution in [0.1, 0.15) is 36.7 Å².